The van der Waals surface area contributed by atoms with Crippen LogP contribution in [0, 0.1) is 5.92 Å². The van der Waals surface area contributed by atoms with Gasteiger partial charge in [0, 0.05) is 17.4 Å². The van der Waals surface area contributed by atoms with Gasteiger partial charge in [0.2, 0.25) is 0 Å². The fourth-order valence-corrected chi connectivity index (χ4v) is 2.87. The smallest absolute Gasteiger partial charge is 0.303 e. The highest BCUT2D eigenvalue weighted by Gasteiger charge is 2.19. The maximum Gasteiger partial charge on any atom is 0.303 e. The SMILES string of the molecule is O=C(O)CCC1CCN(Cc2ccc(Br)cc2)CC1. The van der Waals surface area contributed by atoms with Crippen molar-refractivity contribution in [1.29, 1.82) is 0 Å². The molecule has 2 rings (SSSR count). The first-order chi connectivity index (χ1) is 9.13. The first-order valence-electron chi connectivity index (χ1n) is 6.82. The van der Waals surface area contributed by atoms with Crippen molar-refractivity contribution in [2.75, 3.05) is 13.1 Å². The van der Waals surface area contributed by atoms with E-state index in [1.54, 1.807) is 0 Å². The number of likely N-dealkylation sites (tertiary alicyclic amines) is 1. The molecule has 1 aliphatic heterocycles. The van der Waals surface area contributed by atoms with Crippen LogP contribution in [0.3, 0.4) is 0 Å². The number of rotatable bonds is 5. The van der Waals surface area contributed by atoms with E-state index < -0.39 is 5.97 Å². The Labute approximate surface area is 122 Å². The number of aliphatic carboxylic acids is 1. The Bertz CT molecular complexity index is 411. The molecule has 104 valence electrons. The van der Waals surface area contributed by atoms with Gasteiger partial charge in [-0.3, -0.25) is 9.69 Å². The lowest BCUT2D eigenvalue weighted by Gasteiger charge is -2.31. The Balaban J connectivity index is 1.74. The summed E-state index contributed by atoms with van der Waals surface area (Å²) in [5.74, 6) is -0.0745. The molecule has 0 aliphatic carbocycles. The number of halogens is 1. The summed E-state index contributed by atoms with van der Waals surface area (Å²) in [6.07, 6.45) is 3.41. The van der Waals surface area contributed by atoms with Crippen LogP contribution < -0.4 is 0 Å². The van der Waals surface area contributed by atoms with Gasteiger partial charge in [-0.05, 0) is 56.0 Å². The van der Waals surface area contributed by atoms with Gasteiger partial charge in [-0.25, -0.2) is 0 Å². The molecule has 0 spiro atoms. The number of benzene rings is 1. The maximum atomic E-state index is 10.6. The van der Waals surface area contributed by atoms with Crippen LogP contribution in [0.1, 0.15) is 31.2 Å². The van der Waals surface area contributed by atoms with Crippen molar-refractivity contribution < 1.29 is 9.90 Å². The molecule has 0 saturated carbocycles. The monoisotopic (exact) mass is 325 g/mol. The van der Waals surface area contributed by atoms with Gasteiger partial charge in [-0.2, -0.15) is 0 Å². The van der Waals surface area contributed by atoms with Gasteiger partial charge in [0.1, 0.15) is 0 Å². The average molecular weight is 326 g/mol. The third-order valence-electron chi connectivity index (χ3n) is 3.79. The average Bonchev–Trinajstić information content (AvgIpc) is 2.40. The zero-order valence-electron chi connectivity index (χ0n) is 11.0. The first kappa shape index (κ1) is 14.5. The van der Waals surface area contributed by atoms with Gasteiger partial charge in [-0.15, -0.1) is 0 Å². The molecular formula is C15H20BrNO2. The van der Waals surface area contributed by atoms with Gasteiger partial charge in [0.25, 0.3) is 0 Å². The predicted molar refractivity (Wildman–Crippen MR) is 79.0 cm³/mol. The molecule has 1 N–H and O–H groups in total. The van der Waals surface area contributed by atoms with Gasteiger partial charge in [0.15, 0.2) is 0 Å². The predicted octanol–water partition coefficient (Wildman–Crippen LogP) is 3.53. The summed E-state index contributed by atoms with van der Waals surface area (Å²) in [6.45, 7) is 3.17. The van der Waals surface area contributed by atoms with Crippen molar-refractivity contribution in [3.8, 4) is 0 Å². The van der Waals surface area contributed by atoms with Gasteiger partial charge >= 0.3 is 5.97 Å². The quantitative estimate of drug-likeness (QED) is 0.900. The molecule has 1 fully saturated rings. The number of hydrogen-bond acceptors (Lipinski definition) is 2. The molecule has 0 atom stereocenters. The number of carboxylic acid groups (broad SMARTS) is 1. The molecule has 1 heterocycles. The normalized spacial score (nSPS) is 17.5. The van der Waals surface area contributed by atoms with E-state index in [1.165, 1.54) is 5.56 Å². The lowest BCUT2D eigenvalue weighted by molar-refractivity contribution is -0.137. The molecular weight excluding hydrogens is 306 g/mol. The molecule has 19 heavy (non-hydrogen) atoms. The lowest BCUT2D eigenvalue weighted by Crippen LogP contribution is -2.33. The van der Waals surface area contributed by atoms with E-state index in [9.17, 15) is 4.79 Å². The number of piperidine rings is 1. The van der Waals surface area contributed by atoms with Crippen LogP contribution in [0.15, 0.2) is 28.7 Å². The van der Waals surface area contributed by atoms with E-state index in [0.717, 1.165) is 43.4 Å². The highest BCUT2D eigenvalue weighted by molar-refractivity contribution is 9.10. The van der Waals surface area contributed by atoms with E-state index >= 15 is 0 Å². The van der Waals surface area contributed by atoms with Crippen molar-refractivity contribution in [3.05, 3.63) is 34.3 Å². The van der Waals surface area contributed by atoms with Crippen LogP contribution in [0.25, 0.3) is 0 Å². The highest BCUT2D eigenvalue weighted by Crippen LogP contribution is 2.23. The molecule has 1 aromatic carbocycles. The minimum absolute atomic E-state index is 0.317. The molecule has 1 saturated heterocycles. The number of carboxylic acids is 1. The third-order valence-corrected chi connectivity index (χ3v) is 4.32. The molecule has 4 heteroatoms. The van der Waals surface area contributed by atoms with E-state index in [1.807, 2.05) is 0 Å². The molecule has 0 unspecified atom stereocenters. The Morgan fingerprint density at radius 1 is 1.26 bits per heavy atom. The highest BCUT2D eigenvalue weighted by atomic mass is 79.9. The molecule has 1 aliphatic rings. The summed E-state index contributed by atoms with van der Waals surface area (Å²) in [7, 11) is 0. The molecule has 0 amide bonds. The van der Waals surface area contributed by atoms with E-state index in [-0.39, 0.29) is 0 Å². The maximum absolute atomic E-state index is 10.6. The Morgan fingerprint density at radius 2 is 1.89 bits per heavy atom. The number of hydrogen-bond donors (Lipinski definition) is 1. The number of nitrogens with zero attached hydrogens (tertiary/aromatic N) is 1. The largest absolute Gasteiger partial charge is 0.481 e. The summed E-state index contributed by atoms with van der Waals surface area (Å²) in [5, 5.41) is 8.70. The minimum Gasteiger partial charge on any atom is -0.481 e. The van der Waals surface area contributed by atoms with Crippen LogP contribution >= 0.6 is 15.9 Å². The van der Waals surface area contributed by atoms with Crippen LogP contribution in [-0.4, -0.2) is 29.1 Å². The zero-order chi connectivity index (χ0) is 13.7. The first-order valence-corrected chi connectivity index (χ1v) is 7.61. The Morgan fingerprint density at radius 3 is 2.47 bits per heavy atom. The summed E-state index contributed by atoms with van der Waals surface area (Å²) < 4.78 is 1.11. The fourth-order valence-electron chi connectivity index (χ4n) is 2.61. The summed E-state index contributed by atoms with van der Waals surface area (Å²) in [4.78, 5) is 13.0. The van der Waals surface area contributed by atoms with Crippen molar-refractivity contribution >= 4 is 21.9 Å². The van der Waals surface area contributed by atoms with Crippen LogP contribution in [-0.2, 0) is 11.3 Å². The molecule has 0 aromatic heterocycles. The van der Waals surface area contributed by atoms with Gasteiger partial charge < -0.3 is 5.11 Å². The zero-order valence-corrected chi connectivity index (χ0v) is 12.6. The van der Waals surface area contributed by atoms with Crippen LogP contribution in [0.5, 0.6) is 0 Å². The second kappa shape index (κ2) is 7.06. The second-order valence-electron chi connectivity index (χ2n) is 5.28. The molecule has 0 bridgehead atoms. The summed E-state index contributed by atoms with van der Waals surface area (Å²) in [6, 6.07) is 8.46. The van der Waals surface area contributed by atoms with Crippen molar-refractivity contribution in [3.63, 3.8) is 0 Å². The Kier molecular flexibility index (Phi) is 5.40. The van der Waals surface area contributed by atoms with E-state index in [2.05, 4.69) is 45.1 Å². The molecule has 1 aromatic rings. The minimum atomic E-state index is -0.669. The van der Waals surface area contributed by atoms with Crippen molar-refractivity contribution in [2.24, 2.45) is 5.92 Å². The standard InChI is InChI=1S/C15H20BrNO2/c16-14-4-1-13(2-5-14)11-17-9-7-12(8-10-17)3-6-15(18)19/h1-2,4-5,12H,3,6-11H2,(H,18,19). The summed E-state index contributed by atoms with van der Waals surface area (Å²) in [5.41, 5.74) is 1.34. The fraction of sp³-hybridized carbons (Fsp3) is 0.533. The molecule has 3 nitrogen and oxygen atoms in total. The second-order valence-corrected chi connectivity index (χ2v) is 6.19. The number of carbonyl (C=O) groups is 1. The van der Waals surface area contributed by atoms with Crippen LogP contribution in [0.4, 0.5) is 0 Å². The van der Waals surface area contributed by atoms with E-state index in [4.69, 9.17) is 5.11 Å². The Hall–Kier alpha value is -0.870. The lowest BCUT2D eigenvalue weighted by atomic mass is 9.92. The third kappa shape index (κ3) is 4.96. The van der Waals surface area contributed by atoms with Crippen LogP contribution in [0.2, 0.25) is 0 Å². The van der Waals surface area contributed by atoms with Gasteiger partial charge in [0.05, 0.1) is 0 Å². The topological polar surface area (TPSA) is 40.5 Å². The van der Waals surface area contributed by atoms with Crippen molar-refractivity contribution in [1.82, 2.24) is 4.90 Å². The van der Waals surface area contributed by atoms with Crippen molar-refractivity contribution in [2.45, 2.75) is 32.2 Å². The van der Waals surface area contributed by atoms with E-state index in [0.29, 0.717) is 12.3 Å². The summed E-state index contributed by atoms with van der Waals surface area (Å²) >= 11 is 3.45. The molecule has 0 radical (unpaired) electrons. The van der Waals surface area contributed by atoms with Gasteiger partial charge in [-0.1, -0.05) is 28.1 Å².